The first kappa shape index (κ1) is 20.6. The van der Waals surface area contributed by atoms with Gasteiger partial charge in [0.1, 0.15) is 0 Å². The molecule has 2 aromatic heterocycles. The van der Waals surface area contributed by atoms with Crippen LogP contribution >= 0.6 is 15.9 Å². The molecule has 0 N–H and O–H groups in total. The third-order valence-electron chi connectivity index (χ3n) is 6.25. The summed E-state index contributed by atoms with van der Waals surface area (Å²) < 4.78 is 3.22. The quantitative estimate of drug-likeness (QED) is 0.268. The van der Waals surface area contributed by atoms with Gasteiger partial charge in [0.2, 0.25) is 0 Å². The van der Waals surface area contributed by atoms with Gasteiger partial charge in [0.25, 0.3) is 0 Å². The minimum atomic E-state index is -1.20. The number of carbonyl (C=O) groups excluding carboxylic acids is 1. The van der Waals surface area contributed by atoms with Gasteiger partial charge >= 0.3 is 0 Å². The molecule has 34 heavy (non-hydrogen) atoms. The van der Waals surface area contributed by atoms with E-state index in [1.807, 2.05) is 66.7 Å². The second kappa shape index (κ2) is 8.12. The summed E-state index contributed by atoms with van der Waals surface area (Å²) in [4.78, 5) is 17.1. The van der Waals surface area contributed by atoms with E-state index in [2.05, 4.69) is 44.9 Å². The molecule has 6 rings (SSSR count). The predicted octanol–water partition coefficient (Wildman–Crippen LogP) is 6.18. The van der Waals surface area contributed by atoms with E-state index in [4.69, 9.17) is 4.98 Å². The van der Waals surface area contributed by atoms with Gasteiger partial charge in [0, 0.05) is 44.6 Å². The third-order valence-corrected chi connectivity index (χ3v) is 6.78. The molecule has 0 unspecified atom stereocenters. The fourth-order valence-corrected chi connectivity index (χ4v) is 4.94. The van der Waals surface area contributed by atoms with Crippen molar-refractivity contribution in [3.05, 3.63) is 113 Å². The molecule has 0 aliphatic carbocycles. The number of aromatic nitrogens is 2. The lowest BCUT2D eigenvalue weighted by Crippen LogP contribution is -2.22. The van der Waals surface area contributed by atoms with Crippen molar-refractivity contribution in [3.63, 3.8) is 0 Å². The smallest absolute Gasteiger partial charge is 0.0737 e. The van der Waals surface area contributed by atoms with E-state index >= 15 is 0 Å². The van der Waals surface area contributed by atoms with Gasteiger partial charge in [-0.25, -0.2) is 4.98 Å². The van der Waals surface area contributed by atoms with Crippen molar-refractivity contribution in [1.29, 1.82) is 0 Å². The molecule has 0 aliphatic rings. The molecule has 0 saturated heterocycles. The van der Waals surface area contributed by atoms with Crippen LogP contribution < -0.4 is 5.11 Å². The first-order chi connectivity index (χ1) is 16.6. The number of carbonyl (C=O) groups is 1. The van der Waals surface area contributed by atoms with Crippen LogP contribution in [0.3, 0.4) is 0 Å². The molecular weight excluding hydrogens is 488 g/mol. The molecular formula is C29H18BrN2O2-. The third kappa shape index (κ3) is 3.45. The summed E-state index contributed by atoms with van der Waals surface area (Å²) in [7, 11) is 0. The van der Waals surface area contributed by atoms with Gasteiger partial charge in [-0.2, -0.15) is 0 Å². The average molecular weight is 506 g/mol. The highest BCUT2D eigenvalue weighted by atomic mass is 79.9. The van der Waals surface area contributed by atoms with Gasteiger partial charge in [-0.05, 0) is 46.7 Å². The number of carboxylic acids is 1. The second-order valence-corrected chi connectivity index (χ2v) is 9.25. The van der Waals surface area contributed by atoms with Crippen molar-refractivity contribution in [2.24, 2.45) is 0 Å². The molecule has 4 nitrogen and oxygen atoms in total. The number of rotatable bonds is 4. The van der Waals surface area contributed by atoms with Crippen LogP contribution in [0.4, 0.5) is 0 Å². The Morgan fingerprint density at radius 1 is 0.882 bits per heavy atom. The lowest BCUT2D eigenvalue weighted by Gasteiger charge is -2.12. The van der Waals surface area contributed by atoms with Crippen molar-refractivity contribution in [2.75, 3.05) is 0 Å². The molecule has 5 heteroatoms. The molecule has 0 bridgehead atoms. The van der Waals surface area contributed by atoms with E-state index < -0.39 is 5.97 Å². The van der Waals surface area contributed by atoms with Gasteiger partial charge in [0.15, 0.2) is 0 Å². The summed E-state index contributed by atoms with van der Waals surface area (Å²) in [5.41, 5.74) is 4.54. The highest BCUT2D eigenvalue weighted by Crippen LogP contribution is 2.34. The molecule has 0 radical (unpaired) electrons. The van der Waals surface area contributed by atoms with E-state index in [-0.39, 0.29) is 5.56 Å². The molecule has 164 valence electrons. The monoisotopic (exact) mass is 505 g/mol. The first-order valence-corrected chi connectivity index (χ1v) is 11.7. The fourth-order valence-electron chi connectivity index (χ4n) is 4.67. The normalized spacial score (nSPS) is 11.4. The number of hydrogen-bond acceptors (Lipinski definition) is 3. The number of para-hydroxylation sites is 1. The molecule has 0 aliphatic heterocycles. The molecule has 0 amide bonds. The summed E-state index contributed by atoms with van der Waals surface area (Å²) >= 11 is 3.49. The van der Waals surface area contributed by atoms with Crippen LogP contribution in [-0.4, -0.2) is 15.5 Å². The summed E-state index contributed by atoms with van der Waals surface area (Å²) in [5.74, 6) is -1.20. The van der Waals surface area contributed by atoms with Crippen LogP contribution in [0.15, 0.2) is 102 Å². The number of nitrogens with zero attached hydrogens (tertiary/aromatic N) is 2. The average Bonchev–Trinajstić information content (AvgIpc) is 3.23. The zero-order chi connectivity index (χ0) is 23.2. The number of benzene rings is 4. The molecule has 0 spiro atoms. The van der Waals surface area contributed by atoms with Crippen LogP contribution in [-0.2, 0) is 6.54 Å². The number of fused-ring (bicyclic) bond motifs is 4. The summed E-state index contributed by atoms with van der Waals surface area (Å²) in [6.45, 7) is 0.694. The Morgan fingerprint density at radius 3 is 2.41 bits per heavy atom. The van der Waals surface area contributed by atoms with Gasteiger partial charge in [-0.1, -0.05) is 76.6 Å². The molecule has 0 fully saturated rings. The highest BCUT2D eigenvalue weighted by molar-refractivity contribution is 9.10. The number of aromatic carboxylic acids is 1. The van der Waals surface area contributed by atoms with Crippen molar-refractivity contribution in [1.82, 2.24) is 9.55 Å². The topological polar surface area (TPSA) is 57.9 Å². The Balaban J connectivity index is 1.58. The van der Waals surface area contributed by atoms with E-state index in [1.54, 1.807) is 6.07 Å². The Labute approximate surface area is 204 Å². The molecule has 0 atom stereocenters. The Morgan fingerprint density at radius 2 is 1.62 bits per heavy atom. The Bertz CT molecular complexity index is 1720. The largest absolute Gasteiger partial charge is 0.545 e. The van der Waals surface area contributed by atoms with Crippen LogP contribution in [0.25, 0.3) is 43.8 Å². The summed E-state index contributed by atoms with van der Waals surface area (Å²) in [5, 5.41) is 15.7. The number of pyridine rings is 1. The molecule has 6 aromatic rings. The minimum Gasteiger partial charge on any atom is -0.545 e. The Kier molecular flexibility index (Phi) is 4.93. The maximum Gasteiger partial charge on any atom is 0.0737 e. The van der Waals surface area contributed by atoms with Crippen molar-refractivity contribution in [2.45, 2.75) is 6.54 Å². The van der Waals surface area contributed by atoms with Crippen molar-refractivity contribution >= 4 is 54.5 Å². The zero-order valence-corrected chi connectivity index (χ0v) is 19.6. The van der Waals surface area contributed by atoms with E-state index in [0.717, 1.165) is 31.7 Å². The van der Waals surface area contributed by atoms with E-state index in [9.17, 15) is 9.90 Å². The van der Waals surface area contributed by atoms with Gasteiger partial charge in [-0.15, -0.1) is 0 Å². The lowest BCUT2D eigenvalue weighted by molar-refractivity contribution is -0.254. The summed E-state index contributed by atoms with van der Waals surface area (Å²) in [6, 6.07) is 29.6. The summed E-state index contributed by atoms with van der Waals surface area (Å²) in [6.07, 6.45) is 2.06. The van der Waals surface area contributed by atoms with Gasteiger partial charge < -0.3 is 14.5 Å². The van der Waals surface area contributed by atoms with Crippen LogP contribution in [0.1, 0.15) is 15.9 Å². The standard InChI is InChI=1S/C29H19BrN2O2/c30-20-12-9-18(10-13-20)16-32-17-24(22-7-3-4-8-27(22)32)26-15-23(29(33)34)28-21-6-2-1-5-19(21)11-14-25(28)31-26/h1-15,17H,16H2,(H,33,34)/p-1. The molecule has 4 aromatic carbocycles. The lowest BCUT2D eigenvalue weighted by atomic mass is 9.98. The van der Waals surface area contributed by atoms with Gasteiger partial charge in [0.05, 0.1) is 17.2 Å². The van der Waals surface area contributed by atoms with Crippen LogP contribution in [0.2, 0.25) is 0 Å². The SMILES string of the molecule is O=C([O-])c1cc(-c2cn(Cc3ccc(Br)cc3)c3ccccc23)nc2ccc3ccccc3c12. The maximum absolute atomic E-state index is 12.2. The second-order valence-electron chi connectivity index (χ2n) is 8.34. The minimum absolute atomic E-state index is 0.154. The number of halogens is 1. The van der Waals surface area contributed by atoms with Crippen molar-refractivity contribution < 1.29 is 9.90 Å². The zero-order valence-electron chi connectivity index (χ0n) is 18.0. The van der Waals surface area contributed by atoms with Crippen LogP contribution in [0.5, 0.6) is 0 Å². The number of carboxylic acid groups (broad SMARTS) is 1. The first-order valence-electron chi connectivity index (χ1n) is 10.9. The van der Waals surface area contributed by atoms with Crippen LogP contribution in [0, 0.1) is 0 Å². The van der Waals surface area contributed by atoms with E-state index in [1.165, 1.54) is 5.56 Å². The Hall–Kier alpha value is -3.96. The predicted molar refractivity (Wildman–Crippen MR) is 138 cm³/mol. The molecule has 0 saturated carbocycles. The fraction of sp³-hybridized carbons (Fsp3) is 0.0345. The maximum atomic E-state index is 12.2. The van der Waals surface area contributed by atoms with Crippen molar-refractivity contribution in [3.8, 4) is 11.3 Å². The highest BCUT2D eigenvalue weighted by Gasteiger charge is 2.16. The van der Waals surface area contributed by atoms with Gasteiger partial charge in [-0.3, -0.25) is 0 Å². The number of hydrogen-bond donors (Lipinski definition) is 0. The van der Waals surface area contributed by atoms with E-state index in [0.29, 0.717) is 23.1 Å². The molecule has 2 heterocycles.